The normalized spacial score (nSPS) is 27.1. The molecule has 3 rings (SSSR count). The molecule has 0 aromatic carbocycles. The van der Waals surface area contributed by atoms with Crippen molar-refractivity contribution in [3.8, 4) is 0 Å². The van der Waals surface area contributed by atoms with Crippen LogP contribution in [0.2, 0.25) is 0 Å². The summed E-state index contributed by atoms with van der Waals surface area (Å²) in [5, 5.41) is 2.68. The van der Waals surface area contributed by atoms with E-state index in [1.165, 1.54) is 19.3 Å². The van der Waals surface area contributed by atoms with Crippen molar-refractivity contribution in [2.75, 3.05) is 6.54 Å². The monoisotopic (exact) mass is 314 g/mol. The molecular formula is C15H17F3N2O2. The highest BCUT2D eigenvalue weighted by Crippen LogP contribution is 2.47. The molecule has 3 atom stereocenters. The average molecular weight is 314 g/mol. The van der Waals surface area contributed by atoms with Gasteiger partial charge in [0.25, 0.3) is 11.5 Å². The van der Waals surface area contributed by atoms with Gasteiger partial charge in [-0.05, 0) is 49.1 Å². The molecule has 4 nitrogen and oxygen atoms in total. The molecule has 7 heteroatoms. The van der Waals surface area contributed by atoms with Gasteiger partial charge in [-0.2, -0.15) is 13.2 Å². The van der Waals surface area contributed by atoms with Crippen LogP contribution in [0.4, 0.5) is 13.2 Å². The molecule has 2 N–H and O–H groups in total. The molecule has 2 saturated carbocycles. The Morgan fingerprint density at radius 1 is 1.27 bits per heavy atom. The number of hydrogen-bond acceptors (Lipinski definition) is 2. The molecule has 2 bridgehead atoms. The molecule has 0 aliphatic heterocycles. The molecule has 120 valence electrons. The van der Waals surface area contributed by atoms with Crippen molar-refractivity contribution >= 4 is 5.91 Å². The summed E-state index contributed by atoms with van der Waals surface area (Å²) in [5.41, 5.74) is -2.45. The summed E-state index contributed by atoms with van der Waals surface area (Å²) in [5.74, 6) is 1.20. The van der Waals surface area contributed by atoms with Crippen molar-refractivity contribution in [3.63, 3.8) is 0 Å². The lowest BCUT2D eigenvalue weighted by Crippen LogP contribution is -2.35. The summed E-state index contributed by atoms with van der Waals surface area (Å²) >= 11 is 0. The Balaban J connectivity index is 1.64. The van der Waals surface area contributed by atoms with Crippen LogP contribution in [0.15, 0.2) is 16.9 Å². The first-order valence-electron chi connectivity index (χ1n) is 7.43. The Bertz CT molecular complexity index is 638. The van der Waals surface area contributed by atoms with E-state index in [-0.39, 0.29) is 5.56 Å². The van der Waals surface area contributed by atoms with Gasteiger partial charge in [0.2, 0.25) is 0 Å². The van der Waals surface area contributed by atoms with E-state index in [4.69, 9.17) is 0 Å². The number of alkyl halides is 3. The smallest absolute Gasteiger partial charge is 0.352 e. The van der Waals surface area contributed by atoms with E-state index >= 15 is 0 Å². The van der Waals surface area contributed by atoms with Gasteiger partial charge in [0.1, 0.15) is 11.3 Å². The maximum Gasteiger partial charge on any atom is 0.431 e. The first-order valence-corrected chi connectivity index (χ1v) is 7.43. The molecule has 0 radical (unpaired) electrons. The predicted molar refractivity (Wildman–Crippen MR) is 73.3 cm³/mol. The topological polar surface area (TPSA) is 62.0 Å². The number of rotatable bonds is 3. The van der Waals surface area contributed by atoms with Crippen LogP contribution in [-0.2, 0) is 6.18 Å². The SMILES string of the molecule is O=C(NCC1CC2CCC1C2)c1ccc(C(F)(F)F)[nH]c1=O. The van der Waals surface area contributed by atoms with Gasteiger partial charge in [-0.3, -0.25) is 9.59 Å². The summed E-state index contributed by atoms with van der Waals surface area (Å²) in [6.45, 7) is 0.487. The Hall–Kier alpha value is -1.79. The minimum Gasteiger partial charge on any atom is -0.352 e. The number of aromatic amines is 1. The molecule has 22 heavy (non-hydrogen) atoms. The van der Waals surface area contributed by atoms with E-state index < -0.39 is 23.3 Å². The van der Waals surface area contributed by atoms with E-state index in [1.807, 2.05) is 0 Å². The van der Waals surface area contributed by atoms with Crippen molar-refractivity contribution in [2.24, 2.45) is 17.8 Å². The van der Waals surface area contributed by atoms with Gasteiger partial charge in [-0.1, -0.05) is 6.42 Å². The molecule has 0 spiro atoms. The summed E-state index contributed by atoms with van der Waals surface area (Å²) < 4.78 is 37.4. The van der Waals surface area contributed by atoms with E-state index in [1.54, 1.807) is 4.98 Å². The predicted octanol–water partition coefficient (Wildman–Crippen LogP) is 2.56. The number of nitrogens with one attached hydrogen (secondary N) is 2. The summed E-state index contributed by atoms with van der Waals surface area (Å²) in [6, 6.07) is 1.64. The van der Waals surface area contributed by atoms with Crippen molar-refractivity contribution in [3.05, 3.63) is 33.7 Å². The van der Waals surface area contributed by atoms with Crippen LogP contribution >= 0.6 is 0 Å². The van der Waals surface area contributed by atoms with Gasteiger partial charge in [-0.15, -0.1) is 0 Å². The highest BCUT2D eigenvalue weighted by Gasteiger charge is 2.39. The molecular weight excluding hydrogens is 297 g/mol. The fourth-order valence-electron chi connectivity index (χ4n) is 3.76. The van der Waals surface area contributed by atoms with Gasteiger partial charge in [0.15, 0.2) is 0 Å². The van der Waals surface area contributed by atoms with Crippen LogP contribution < -0.4 is 10.9 Å². The van der Waals surface area contributed by atoms with Crippen LogP contribution in [0.25, 0.3) is 0 Å². The lowest BCUT2D eigenvalue weighted by molar-refractivity contribution is -0.141. The maximum absolute atomic E-state index is 12.5. The summed E-state index contributed by atoms with van der Waals surface area (Å²) in [6.07, 6.45) is 0.118. The maximum atomic E-state index is 12.5. The van der Waals surface area contributed by atoms with E-state index in [0.717, 1.165) is 18.4 Å². The molecule has 3 unspecified atom stereocenters. The number of hydrogen-bond donors (Lipinski definition) is 2. The summed E-state index contributed by atoms with van der Waals surface area (Å²) in [7, 11) is 0. The first-order chi connectivity index (χ1) is 10.3. The fraction of sp³-hybridized carbons (Fsp3) is 0.600. The van der Waals surface area contributed by atoms with E-state index in [0.29, 0.717) is 24.4 Å². The minimum atomic E-state index is -4.63. The Morgan fingerprint density at radius 2 is 2.05 bits per heavy atom. The summed E-state index contributed by atoms with van der Waals surface area (Å²) in [4.78, 5) is 25.3. The van der Waals surface area contributed by atoms with Crippen molar-refractivity contribution in [1.82, 2.24) is 10.3 Å². The van der Waals surface area contributed by atoms with E-state index in [2.05, 4.69) is 5.32 Å². The van der Waals surface area contributed by atoms with Gasteiger partial charge in [-0.25, -0.2) is 0 Å². The molecule has 2 aliphatic carbocycles. The zero-order valence-corrected chi connectivity index (χ0v) is 11.9. The second kappa shape index (κ2) is 5.44. The van der Waals surface area contributed by atoms with Crippen LogP contribution in [-0.4, -0.2) is 17.4 Å². The molecule has 1 aromatic heterocycles. The van der Waals surface area contributed by atoms with Gasteiger partial charge >= 0.3 is 6.18 Å². The van der Waals surface area contributed by atoms with Crippen LogP contribution in [0.5, 0.6) is 0 Å². The van der Waals surface area contributed by atoms with Crippen LogP contribution in [0.3, 0.4) is 0 Å². The highest BCUT2D eigenvalue weighted by atomic mass is 19.4. The van der Waals surface area contributed by atoms with Gasteiger partial charge in [0, 0.05) is 6.54 Å². The number of halogens is 3. The number of amides is 1. The Labute approximate surface area is 125 Å². The second-order valence-electron chi connectivity index (χ2n) is 6.26. The number of carbonyl (C=O) groups excluding carboxylic acids is 1. The largest absolute Gasteiger partial charge is 0.431 e. The van der Waals surface area contributed by atoms with E-state index in [9.17, 15) is 22.8 Å². The van der Waals surface area contributed by atoms with Gasteiger partial charge < -0.3 is 10.3 Å². The van der Waals surface area contributed by atoms with Crippen molar-refractivity contribution in [1.29, 1.82) is 0 Å². The minimum absolute atomic E-state index is 0.281. The van der Waals surface area contributed by atoms with Crippen molar-refractivity contribution in [2.45, 2.75) is 31.9 Å². The third-order valence-electron chi connectivity index (χ3n) is 4.87. The van der Waals surface area contributed by atoms with Crippen LogP contribution in [0, 0.1) is 17.8 Å². The van der Waals surface area contributed by atoms with Gasteiger partial charge in [0.05, 0.1) is 0 Å². The number of carbonyl (C=O) groups is 1. The molecule has 2 aliphatic rings. The quantitative estimate of drug-likeness (QED) is 0.901. The zero-order valence-electron chi connectivity index (χ0n) is 11.9. The fourth-order valence-corrected chi connectivity index (χ4v) is 3.76. The number of aromatic nitrogens is 1. The van der Waals surface area contributed by atoms with Crippen molar-refractivity contribution < 1.29 is 18.0 Å². The Kier molecular flexibility index (Phi) is 3.74. The zero-order chi connectivity index (χ0) is 15.9. The average Bonchev–Trinajstić information content (AvgIpc) is 3.06. The molecule has 1 heterocycles. The highest BCUT2D eigenvalue weighted by molar-refractivity contribution is 5.93. The number of fused-ring (bicyclic) bond motifs is 2. The number of H-pyrrole nitrogens is 1. The first kappa shape index (κ1) is 15.1. The molecule has 1 amide bonds. The lowest BCUT2D eigenvalue weighted by Gasteiger charge is -2.21. The third-order valence-corrected chi connectivity index (χ3v) is 4.87. The Morgan fingerprint density at radius 3 is 2.59 bits per heavy atom. The molecule has 0 saturated heterocycles. The third kappa shape index (κ3) is 2.89. The number of pyridine rings is 1. The molecule has 1 aromatic rings. The molecule has 2 fully saturated rings. The lowest BCUT2D eigenvalue weighted by atomic mass is 9.89. The second-order valence-corrected chi connectivity index (χ2v) is 6.26. The standard InChI is InChI=1S/C15H17F3N2O2/c16-15(17,18)12-4-3-11(14(22)20-12)13(21)19-7-10-6-8-1-2-9(10)5-8/h3-4,8-10H,1-2,5-7H2,(H,19,21)(H,20,22). The van der Waals surface area contributed by atoms with Crippen LogP contribution in [0.1, 0.15) is 41.7 Å².